The minimum Gasteiger partial charge on any atom is -0.481 e. The van der Waals surface area contributed by atoms with E-state index in [-0.39, 0.29) is 18.4 Å². The first kappa shape index (κ1) is 15.0. The summed E-state index contributed by atoms with van der Waals surface area (Å²) in [6.45, 7) is 7.77. The quantitative estimate of drug-likeness (QED) is 0.819. The van der Waals surface area contributed by atoms with Crippen molar-refractivity contribution >= 4 is 11.9 Å². The van der Waals surface area contributed by atoms with Crippen LogP contribution in [0.2, 0.25) is 0 Å². The van der Waals surface area contributed by atoms with Gasteiger partial charge in [0.15, 0.2) is 0 Å². The van der Waals surface area contributed by atoms with Crippen molar-refractivity contribution in [2.24, 2.45) is 5.41 Å². The SMILES string of the molecule is CC1CN(C)CCCN1C(=O)CC(C)(C)C(=O)O. The highest BCUT2D eigenvalue weighted by Gasteiger charge is 2.33. The molecule has 1 aliphatic rings. The Bertz CT molecular complexity index is 328. The lowest BCUT2D eigenvalue weighted by molar-refractivity contribution is -0.152. The van der Waals surface area contributed by atoms with E-state index < -0.39 is 11.4 Å². The Kier molecular flexibility index (Phi) is 4.73. The van der Waals surface area contributed by atoms with Crippen molar-refractivity contribution in [2.75, 3.05) is 26.7 Å². The van der Waals surface area contributed by atoms with Crippen LogP contribution in [0, 0.1) is 5.41 Å². The Morgan fingerprint density at radius 3 is 2.50 bits per heavy atom. The molecule has 1 N–H and O–H groups in total. The van der Waals surface area contributed by atoms with E-state index in [2.05, 4.69) is 4.90 Å². The molecule has 18 heavy (non-hydrogen) atoms. The first-order chi connectivity index (χ1) is 8.24. The summed E-state index contributed by atoms with van der Waals surface area (Å²) < 4.78 is 0. The lowest BCUT2D eigenvalue weighted by atomic mass is 9.89. The molecule has 1 rings (SSSR count). The monoisotopic (exact) mass is 256 g/mol. The molecule has 0 aromatic heterocycles. The predicted octanol–water partition coefficient (Wildman–Crippen LogP) is 1.04. The number of amides is 1. The number of nitrogens with zero attached hydrogens (tertiary/aromatic N) is 2. The minimum atomic E-state index is -0.991. The number of hydrogen-bond acceptors (Lipinski definition) is 3. The van der Waals surface area contributed by atoms with E-state index >= 15 is 0 Å². The summed E-state index contributed by atoms with van der Waals surface area (Å²) in [5.74, 6) is -0.972. The average Bonchev–Trinajstić information content (AvgIpc) is 2.38. The van der Waals surface area contributed by atoms with Crippen molar-refractivity contribution in [3.8, 4) is 0 Å². The van der Waals surface area contributed by atoms with Crippen LogP contribution in [-0.4, -0.2) is 59.5 Å². The molecule has 0 aromatic carbocycles. The predicted molar refractivity (Wildman–Crippen MR) is 69.3 cm³/mol. The highest BCUT2D eigenvalue weighted by Crippen LogP contribution is 2.23. The van der Waals surface area contributed by atoms with Gasteiger partial charge in [0, 0.05) is 25.6 Å². The second-order valence-corrected chi connectivity index (χ2v) is 5.92. The van der Waals surface area contributed by atoms with E-state index in [1.54, 1.807) is 13.8 Å². The first-order valence-corrected chi connectivity index (χ1v) is 6.45. The zero-order valence-corrected chi connectivity index (χ0v) is 11.8. The van der Waals surface area contributed by atoms with E-state index in [1.165, 1.54) is 0 Å². The van der Waals surface area contributed by atoms with Crippen molar-refractivity contribution in [3.05, 3.63) is 0 Å². The van der Waals surface area contributed by atoms with E-state index in [9.17, 15) is 9.59 Å². The molecule has 0 aromatic rings. The number of carboxylic acids is 1. The van der Waals surface area contributed by atoms with Crippen molar-refractivity contribution in [1.82, 2.24) is 9.80 Å². The summed E-state index contributed by atoms with van der Waals surface area (Å²) >= 11 is 0. The second kappa shape index (κ2) is 5.69. The van der Waals surface area contributed by atoms with Gasteiger partial charge in [-0.25, -0.2) is 0 Å². The third-order valence-electron chi connectivity index (χ3n) is 3.54. The van der Waals surface area contributed by atoms with Crippen LogP contribution in [0.3, 0.4) is 0 Å². The molecule has 5 nitrogen and oxygen atoms in total. The molecule has 1 amide bonds. The lowest BCUT2D eigenvalue weighted by Gasteiger charge is -2.30. The molecule has 1 fully saturated rings. The van der Waals surface area contributed by atoms with Crippen molar-refractivity contribution in [2.45, 2.75) is 39.7 Å². The van der Waals surface area contributed by atoms with Crippen LogP contribution in [0.1, 0.15) is 33.6 Å². The van der Waals surface area contributed by atoms with Crippen molar-refractivity contribution in [3.63, 3.8) is 0 Å². The summed E-state index contributed by atoms with van der Waals surface area (Å²) in [6.07, 6.45) is 1.01. The molecule has 104 valence electrons. The Balaban J connectivity index is 2.68. The van der Waals surface area contributed by atoms with Gasteiger partial charge >= 0.3 is 5.97 Å². The third kappa shape index (κ3) is 3.70. The van der Waals surface area contributed by atoms with E-state index in [0.717, 1.165) is 26.1 Å². The topological polar surface area (TPSA) is 60.9 Å². The largest absolute Gasteiger partial charge is 0.481 e. The zero-order chi connectivity index (χ0) is 13.9. The van der Waals surface area contributed by atoms with Gasteiger partial charge in [-0.1, -0.05) is 0 Å². The van der Waals surface area contributed by atoms with Crippen LogP contribution in [0.15, 0.2) is 0 Å². The Labute approximate surface area is 109 Å². The molecule has 0 saturated carbocycles. The summed E-state index contributed by atoms with van der Waals surface area (Å²) in [7, 11) is 2.05. The maximum atomic E-state index is 12.2. The molecule has 0 spiro atoms. The Morgan fingerprint density at radius 1 is 1.33 bits per heavy atom. The highest BCUT2D eigenvalue weighted by molar-refractivity contribution is 5.84. The van der Waals surface area contributed by atoms with Gasteiger partial charge in [0.05, 0.1) is 5.41 Å². The van der Waals surface area contributed by atoms with Gasteiger partial charge in [0.1, 0.15) is 0 Å². The number of rotatable bonds is 3. The standard InChI is InChI=1S/C13H24N2O3/c1-10-9-14(4)6-5-7-15(10)11(16)8-13(2,3)12(17)18/h10H,5-9H2,1-4H3,(H,17,18). The van der Waals surface area contributed by atoms with Gasteiger partial charge in [-0.2, -0.15) is 0 Å². The molecule has 1 heterocycles. The molecule has 0 bridgehead atoms. The molecular formula is C13H24N2O3. The summed E-state index contributed by atoms with van der Waals surface area (Å²) in [5.41, 5.74) is -0.991. The van der Waals surface area contributed by atoms with Crippen LogP contribution in [0.5, 0.6) is 0 Å². The highest BCUT2D eigenvalue weighted by atomic mass is 16.4. The molecule has 0 aliphatic carbocycles. The number of likely N-dealkylation sites (N-methyl/N-ethyl adjacent to an activating group) is 1. The number of carboxylic acid groups (broad SMARTS) is 1. The van der Waals surface area contributed by atoms with E-state index in [4.69, 9.17) is 5.11 Å². The van der Waals surface area contributed by atoms with Crippen LogP contribution >= 0.6 is 0 Å². The number of aliphatic carboxylic acids is 1. The van der Waals surface area contributed by atoms with Crippen LogP contribution in [0.4, 0.5) is 0 Å². The van der Waals surface area contributed by atoms with Crippen LogP contribution in [-0.2, 0) is 9.59 Å². The molecular weight excluding hydrogens is 232 g/mol. The number of carbonyl (C=O) groups is 2. The maximum absolute atomic E-state index is 12.2. The lowest BCUT2D eigenvalue weighted by Crippen LogP contribution is -2.44. The fourth-order valence-electron chi connectivity index (χ4n) is 2.30. The van der Waals surface area contributed by atoms with Crippen LogP contribution < -0.4 is 0 Å². The number of carbonyl (C=O) groups excluding carboxylic acids is 1. The smallest absolute Gasteiger partial charge is 0.309 e. The van der Waals surface area contributed by atoms with Gasteiger partial charge in [-0.3, -0.25) is 9.59 Å². The Hall–Kier alpha value is -1.10. The molecule has 0 radical (unpaired) electrons. The molecule has 1 saturated heterocycles. The second-order valence-electron chi connectivity index (χ2n) is 5.92. The fourth-order valence-corrected chi connectivity index (χ4v) is 2.30. The molecule has 1 aliphatic heterocycles. The van der Waals surface area contributed by atoms with Crippen molar-refractivity contribution in [1.29, 1.82) is 0 Å². The zero-order valence-electron chi connectivity index (χ0n) is 11.8. The maximum Gasteiger partial charge on any atom is 0.309 e. The van der Waals surface area contributed by atoms with E-state index in [0.29, 0.717) is 0 Å². The molecule has 1 atom stereocenters. The van der Waals surface area contributed by atoms with Gasteiger partial charge in [0.2, 0.25) is 5.91 Å². The minimum absolute atomic E-state index is 0.0507. The summed E-state index contributed by atoms with van der Waals surface area (Å²) in [4.78, 5) is 27.3. The first-order valence-electron chi connectivity index (χ1n) is 6.45. The van der Waals surface area contributed by atoms with E-state index in [1.807, 2.05) is 18.9 Å². The molecule has 1 unspecified atom stereocenters. The normalized spacial score (nSPS) is 22.7. The average molecular weight is 256 g/mol. The molecule has 5 heteroatoms. The summed E-state index contributed by atoms with van der Waals surface area (Å²) in [5, 5.41) is 9.07. The van der Waals surface area contributed by atoms with Gasteiger partial charge in [0.25, 0.3) is 0 Å². The third-order valence-corrected chi connectivity index (χ3v) is 3.54. The number of hydrogen-bond donors (Lipinski definition) is 1. The van der Waals surface area contributed by atoms with Gasteiger partial charge < -0.3 is 14.9 Å². The van der Waals surface area contributed by atoms with Gasteiger partial charge in [-0.05, 0) is 40.8 Å². The Morgan fingerprint density at radius 2 is 1.94 bits per heavy atom. The van der Waals surface area contributed by atoms with Crippen molar-refractivity contribution < 1.29 is 14.7 Å². The van der Waals surface area contributed by atoms with Crippen LogP contribution in [0.25, 0.3) is 0 Å². The fraction of sp³-hybridized carbons (Fsp3) is 0.846. The van der Waals surface area contributed by atoms with Gasteiger partial charge in [-0.15, -0.1) is 0 Å². The summed E-state index contributed by atoms with van der Waals surface area (Å²) in [6, 6.07) is 0.148.